The monoisotopic (exact) mass is 302 g/mol. The van der Waals surface area contributed by atoms with Gasteiger partial charge in [-0.05, 0) is 43.9 Å². The summed E-state index contributed by atoms with van der Waals surface area (Å²) in [4.78, 5) is 13.9. The smallest absolute Gasteiger partial charge is 0.283 e. The predicted octanol–water partition coefficient (Wildman–Crippen LogP) is 1.39. The molecular formula is C11H19BrN4O. The second kappa shape index (κ2) is 6.16. The first-order chi connectivity index (χ1) is 7.95. The van der Waals surface area contributed by atoms with Gasteiger partial charge in [0, 0.05) is 19.1 Å². The lowest BCUT2D eigenvalue weighted by Gasteiger charge is -2.19. The molecule has 1 rings (SSSR count). The number of rotatable bonds is 5. The summed E-state index contributed by atoms with van der Waals surface area (Å²) in [5, 5.41) is 7.36. The summed E-state index contributed by atoms with van der Waals surface area (Å²) >= 11 is 3.32. The standard InChI is InChI=1S/C11H19BrN4O/c1-5-16-11(17)10(12)9(6-13-16)14-8(2)7-15(3)4/h6,8,14H,5,7H2,1-4H3. The predicted molar refractivity (Wildman–Crippen MR) is 73.5 cm³/mol. The third-order valence-corrected chi connectivity index (χ3v) is 3.09. The number of nitrogens with one attached hydrogen (secondary N) is 1. The molecule has 17 heavy (non-hydrogen) atoms. The summed E-state index contributed by atoms with van der Waals surface area (Å²) in [5.41, 5.74) is 0.642. The molecule has 0 fully saturated rings. The Balaban J connectivity index is 2.86. The Bertz CT molecular complexity index is 430. The van der Waals surface area contributed by atoms with Gasteiger partial charge in [-0.25, -0.2) is 4.68 Å². The van der Waals surface area contributed by atoms with Gasteiger partial charge in [0.05, 0.1) is 11.9 Å². The number of hydrogen-bond donors (Lipinski definition) is 1. The molecule has 0 amide bonds. The molecule has 0 aliphatic rings. The minimum absolute atomic E-state index is 0.102. The van der Waals surface area contributed by atoms with E-state index in [2.05, 4.69) is 38.2 Å². The van der Waals surface area contributed by atoms with Crippen molar-refractivity contribution in [3.63, 3.8) is 0 Å². The zero-order chi connectivity index (χ0) is 13.0. The number of nitrogens with zero attached hydrogens (tertiary/aromatic N) is 3. The largest absolute Gasteiger partial charge is 0.379 e. The number of likely N-dealkylation sites (N-methyl/N-ethyl adjacent to an activating group) is 1. The highest BCUT2D eigenvalue weighted by atomic mass is 79.9. The molecule has 1 unspecified atom stereocenters. The van der Waals surface area contributed by atoms with E-state index in [1.54, 1.807) is 6.20 Å². The van der Waals surface area contributed by atoms with Gasteiger partial charge in [0.15, 0.2) is 0 Å². The lowest BCUT2D eigenvalue weighted by Crippen LogP contribution is -2.31. The Kier molecular flexibility index (Phi) is 5.14. The van der Waals surface area contributed by atoms with Crippen molar-refractivity contribution in [2.45, 2.75) is 26.4 Å². The molecule has 0 bridgehead atoms. The molecule has 0 saturated heterocycles. The van der Waals surface area contributed by atoms with Crippen LogP contribution in [0.25, 0.3) is 0 Å². The second-order valence-electron chi connectivity index (χ2n) is 4.30. The molecule has 0 aliphatic carbocycles. The summed E-state index contributed by atoms with van der Waals surface area (Å²) in [6.45, 7) is 5.43. The van der Waals surface area contributed by atoms with Crippen LogP contribution in [-0.4, -0.2) is 41.4 Å². The molecule has 1 aromatic rings. The maximum absolute atomic E-state index is 11.8. The van der Waals surface area contributed by atoms with Crippen LogP contribution >= 0.6 is 15.9 Å². The summed E-state index contributed by atoms with van der Waals surface area (Å²) in [7, 11) is 4.03. The van der Waals surface area contributed by atoms with Crippen molar-refractivity contribution < 1.29 is 0 Å². The van der Waals surface area contributed by atoms with Crippen molar-refractivity contribution in [1.29, 1.82) is 0 Å². The molecule has 0 spiro atoms. The highest BCUT2D eigenvalue weighted by molar-refractivity contribution is 9.10. The van der Waals surface area contributed by atoms with Crippen molar-refractivity contribution in [2.75, 3.05) is 26.0 Å². The van der Waals surface area contributed by atoms with E-state index in [0.29, 0.717) is 11.0 Å². The highest BCUT2D eigenvalue weighted by Crippen LogP contribution is 2.17. The van der Waals surface area contributed by atoms with Crippen LogP contribution in [0.2, 0.25) is 0 Å². The lowest BCUT2D eigenvalue weighted by atomic mass is 10.3. The summed E-state index contributed by atoms with van der Waals surface area (Å²) < 4.78 is 1.96. The Morgan fingerprint density at radius 1 is 1.59 bits per heavy atom. The molecule has 1 N–H and O–H groups in total. The molecule has 96 valence electrons. The second-order valence-corrected chi connectivity index (χ2v) is 5.09. The van der Waals surface area contributed by atoms with Crippen molar-refractivity contribution >= 4 is 21.6 Å². The molecule has 1 aromatic heterocycles. The Hall–Kier alpha value is -0.880. The number of anilines is 1. The number of halogens is 1. The maximum Gasteiger partial charge on any atom is 0.283 e. The van der Waals surface area contributed by atoms with Crippen LogP contribution in [0.15, 0.2) is 15.5 Å². The van der Waals surface area contributed by atoms with E-state index in [-0.39, 0.29) is 11.6 Å². The Morgan fingerprint density at radius 3 is 2.76 bits per heavy atom. The minimum atomic E-state index is -0.102. The van der Waals surface area contributed by atoms with Gasteiger partial charge in [-0.15, -0.1) is 0 Å². The van der Waals surface area contributed by atoms with Gasteiger partial charge < -0.3 is 10.2 Å². The van der Waals surface area contributed by atoms with Gasteiger partial charge in [0.1, 0.15) is 4.47 Å². The van der Waals surface area contributed by atoms with Crippen molar-refractivity contribution in [3.05, 3.63) is 21.0 Å². The fourth-order valence-electron chi connectivity index (χ4n) is 1.65. The quantitative estimate of drug-likeness (QED) is 0.893. The fourth-order valence-corrected chi connectivity index (χ4v) is 2.07. The SMILES string of the molecule is CCn1ncc(NC(C)CN(C)C)c(Br)c1=O. The Morgan fingerprint density at radius 2 is 2.24 bits per heavy atom. The Labute approximate surface area is 110 Å². The third kappa shape index (κ3) is 3.81. The van der Waals surface area contributed by atoms with Gasteiger partial charge in [0.25, 0.3) is 5.56 Å². The highest BCUT2D eigenvalue weighted by Gasteiger charge is 2.10. The van der Waals surface area contributed by atoms with E-state index in [9.17, 15) is 4.79 Å². The third-order valence-electron chi connectivity index (χ3n) is 2.33. The lowest BCUT2D eigenvalue weighted by molar-refractivity contribution is 0.392. The topological polar surface area (TPSA) is 50.2 Å². The first-order valence-electron chi connectivity index (χ1n) is 5.62. The minimum Gasteiger partial charge on any atom is -0.379 e. The number of aryl methyl sites for hydroxylation is 1. The van der Waals surface area contributed by atoms with Crippen molar-refractivity contribution in [3.8, 4) is 0 Å². The molecule has 0 aliphatic heterocycles. The van der Waals surface area contributed by atoms with Crippen LogP contribution in [0.5, 0.6) is 0 Å². The summed E-state index contributed by atoms with van der Waals surface area (Å²) in [5.74, 6) is 0. The van der Waals surface area contributed by atoms with E-state index in [4.69, 9.17) is 0 Å². The zero-order valence-electron chi connectivity index (χ0n) is 10.7. The molecule has 0 saturated carbocycles. The van der Waals surface area contributed by atoms with Gasteiger partial charge in [0.2, 0.25) is 0 Å². The first-order valence-corrected chi connectivity index (χ1v) is 6.41. The zero-order valence-corrected chi connectivity index (χ0v) is 12.3. The fraction of sp³-hybridized carbons (Fsp3) is 0.636. The van der Waals surface area contributed by atoms with E-state index in [1.165, 1.54) is 4.68 Å². The number of aromatic nitrogens is 2. The molecule has 5 nitrogen and oxygen atoms in total. The van der Waals surface area contributed by atoms with Crippen LogP contribution in [0.4, 0.5) is 5.69 Å². The van der Waals surface area contributed by atoms with E-state index >= 15 is 0 Å². The molecule has 1 heterocycles. The molecule has 6 heteroatoms. The molecular weight excluding hydrogens is 284 g/mol. The van der Waals surface area contributed by atoms with E-state index in [1.807, 2.05) is 21.0 Å². The average molecular weight is 303 g/mol. The van der Waals surface area contributed by atoms with Crippen LogP contribution in [0, 0.1) is 0 Å². The van der Waals surface area contributed by atoms with Gasteiger partial charge >= 0.3 is 0 Å². The van der Waals surface area contributed by atoms with Gasteiger partial charge in [-0.1, -0.05) is 0 Å². The van der Waals surface area contributed by atoms with Crippen LogP contribution in [0.1, 0.15) is 13.8 Å². The summed E-state index contributed by atoms with van der Waals surface area (Å²) in [6.07, 6.45) is 1.68. The maximum atomic E-state index is 11.8. The molecule has 0 radical (unpaired) electrons. The van der Waals surface area contributed by atoms with Crippen LogP contribution < -0.4 is 10.9 Å². The van der Waals surface area contributed by atoms with Crippen LogP contribution in [-0.2, 0) is 6.54 Å². The number of hydrogen-bond acceptors (Lipinski definition) is 4. The first kappa shape index (κ1) is 14.2. The molecule has 0 aromatic carbocycles. The molecule has 1 atom stereocenters. The van der Waals surface area contributed by atoms with E-state index < -0.39 is 0 Å². The average Bonchev–Trinajstić information content (AvgIpc) is 2.24. The van der Waals surface area contributed by atoms with Gasteiger partial charge in [-0.3, -0.25) is 4.79 Å². The van der Waals surface area contributed by atoms with Crippen molar-refractivity contribution in [2.24, 2.45) is 0 Å². The van der Waals surface area contributed by atoms with Crippen LogP contribution in [0.3, 0.4) is 0 Å². The summed E-state index contributed by atoms with van der Waals surface area (Å²) in [6, 6.07) is 0.250. The van der Waals surface area contributed by atoms with Crippen molar-refractivity contribution in [1.82, 2.24) is 14.7 Å². The van der Waals surface area contributed by atoms with E-state index in [0.717, 1.165) is 12.2 Å². The van der Waals surface area contributed by atoms with Gasteiger partial charge in [-0.2, -0.15) is 5.10 Å². The normalized spacial score (nSPS) is 12.8.